The molecule has 0 aromatic carbocycles. The van der Waals surface area contributed by atoms with E-state index < -0.39 is 0 Å². The third-order valence-electron chi connectivity index (χ3n) is 4.55. The van der Waals surface area contributed by atoms with Crippen LogP contribution in [0, 0.1) is 0 Å². The van der Waals surface area contributed by atoms with Crippen molar-refractivity contribution in [1.82, 2.24) is 29.2 Å². The number of nitrogens with zero attached hydrogens (tertiary/aromatic N) is 5. The van der Waals surface area contributed by atoms with Crippen LogP contribution in [0.2, 0.25) is 0 Å². The summed E-state index contributed by atoms with van der Waals surface area (Å²) in [6.07, 6.45) is 5.57. The first-order valence-electron chi connectivity index (χ1n) is 8.57. The second-order valence-electron chi connectivity index (χ2n) is 6.91. The van der Waals surface area contributed by atoms with Gasteiger partial charge in [-0.25, -0.2) is 14.0 Å². The van der Waals surface area contributed by atoms with Crippen LogP contribution in [0.5, 0.6) is 5.75 Å². The molecule has 26 heavy (non-hydrogen) atoms. The Kier molecular flexibility index (Phi) is 3.75. The third kappa shape index (κ3) is 2.73. The van der Waals surface area contributed by atoms with Gasteiger partial charge in [-0.2, -0.15) is 10.2 Å². The minimum Gasteiger partial charge on any atom is -0.504 e. The highest BCUT2D eigenvalue weighted by atomic mass is 16.3. The lowest BCUT2D eigenvalue weighted by molar-refractivity contribution is 0.452. The molecule has 1 unspecified atom stereocenters. The molecule has 0 fully saturated rings. The molecule has 4 heterocycles. The van der Waals surface area contributed by atoms with Crippen LogP contribution in [0.3, 0.4) is 0 Å². The van der Waals surface area contributed by atoms with E-state index in [4.69, 9.17) is 0 Å². The van der Waals surface area contributed by atoms with Crippen LogP contribution >= 0.6 is 0 Å². The summed E-state index contributed by atoms with van der Waals surface area (Å²) in [4.78, 5) is 19.5. The SMILES string of the molecule is CC(C)c1cn2nc(CC(C)c3nc4ccnn4cc3O)cc2[nH]c1=O. The molecule has 4 rings (SSSR count). The standard InChI is InChI=1S/C18H20N6O2/c1-10(2)13-8-24-16(21-18(13)26)7-12(22-24)6-11(3)17-14(25)9-23-15(20-17)4-5-19-23/h4-5,7-11,25H,6H2,1-3H3,(H,21,26). The highest BCUT2D eigenvalue weighted by Gasteiger charge is 2.17. The molecular formula is C18H20N6O2. The Bertz CT molecular complexity index is 1150. The molecule has 0 radical (unpaired) electrons. The van der Waals surface area contributed by atoms with E-state index in [1.54, 1.807) is 29.2 Å². The van der Waals surface area contributed by atoms with E-state index in [0.717, 1.165) is 5.69 Å². The smallest absolute Gasteiger partial charge is 0.254 e. The molecule has 0 bridgehead atoms. The zero-order valence-electron chi connectivity index (χ0n) is 14.8. The first-order valence-corrected chi connectivity index (χ1v) is 8.57. The van der Waals surface area contributed by atoms with Gasteiger partial charge in [-0.05, 0) is 12.3 Å². The van der Waals surface area contributed by atoms with E-state index in [-0.39, 0.29) is 23.1 Å². The monoisotopic (exact) mass is 352 g/mol. The van der Waals surface area contributed by atoms with Gasteiger partial charge in [0.05, 0.1) is 23.8 Å². The van der Waals surface area contributed by atoms with Gasteiger partial charge in [-0.1, -0.05) is 20.8 Å². The fourth-order valence-electron chi connectivity index (χ4n) is 3.16. The zero-order chi connectivity index (χ0) is 18.4. The predicted octanol–water partition coefficient (Wildman–Crippen LogP) is 2.24. The summed E-state index contributed by atoms with van der Waals surface area (Å²) in [7, 11) is 0. The minimum absolute atomic E-state index is 0.0453. The number of hydrogen-bond acceptors (Lipinski definition) is 5. The van der Waals surface area contributed by atoms with Gasteiger partial charge in [0.1, 0.15) is 5.65 Å². The lowest BCUT2D eigenvalue weighted by Gasteiger charge is -2.11. The molecule has 0 saturated heterocycles. The van der Waals surface area contributed by atoms with Crippen molar-refractivity contribution in [2.24, 2.45) is 0 Å². The Labute approximate surface area is 149 Å². The van der Waals surface area contributed by atoms with Crippen molar-refractivity contribution in [3.8, 4) is 5.75 Å². The van der Waals surface area contributed by atoms with Crippen molar-refractivity contribution in [3.63, 3.8) is 0 Å². The Hall–Kier alpha value is -3.16. The number of aromatic hydroxyl groups is 1. The molecule has 4 aromatic heterocycles. The van der Waals surface area contributed by atoms with Crippen molar-refractivity contribution in [3.05, 3.63) is 58.0 Å². The molecule has 134 valence electrons. The van der Waals surface area contributed by atoms with E-state index in [1.807, 2.05) is 26.8 Å². The second-order valence-corrected chi connectivity index (χ2v) is 6.91. The van der Waals surface area contributed by atoms with E-state index in [9.17, 15) is 9.90 Å². The average Bonchev–Trinajstić information content (AvgIpc) is 3.18. The first-order chi connectivity index (χ1) is 12.4. The Morgan fingerprint density at radius 3 is 2.81 bits per heavy atom. The molecule has 0 aliphatic heterocycles. The van der Waals surface area contributed by atoms with Crippen LogP contribution in [0.1, 0.15) is 49.6 Å². The van der Waals surface area contributed by atoms with Gasteiger partial charge in [-0.3, -0.25) is 4.79 Å². The van der Waals surface area contributed by atoms with Crippen LogP contribution in [0.25, 0.3) is 11.3 Å². The van der Waals surface area contributed by atoms with Gasteiger partial charge >= 0.3 is 0 Å². The van der Waals surface area contributed by atoms with Crippen molar-refractivity contribution < 1.29 is 5.11 Å². The maximum absolute atomic E-state index is 12.1. The van der Waals surface area contributed by atoms with Crippen molar-refractivity contribution in [2.75, 3.05) is 0 Å². The van der Waals surface area contributed by atoms with Crippen LogP contribution in [-0.4, -0.2) is 34.3 Å². The van der Waals surface area contributed by atoms with Gasteiger partial charge in [0.25, 0.3) is 5.56 Å². The topological polar surface area (TPSA) is 101 Å². The van der Waals surface area contributed by atoms with Gasteiger partial charge in [0.15, 0.2) is 11.4 Å². The zero-order valence-corrected chi connectivity index (χ0v) is 14.8. The van der Waals surface area contributed by atoms with E-state index in [2.05, 4.69) is 20.2 Å². The number of rotatable bonds is 4. The fourth-order valence-corrected chi connectivity index (χ4v) is 3.16. The van der Waals surface area contributed by atoms with Gasteiger partial charge < -0.3 is 10.1 Å². The number of aromatic amines is 1. The summed E-state index contributed by atoms with van der Waals surface area (Å²) in [5.74, 6) is 0.183. The fraction of sp³-hybridized carbons (Fsp3) is 0.333. The molecule has 8 nitrogen and oxygen atoms in total. The van der Waals surface area contributed by atoms with Crippen LogP contribution in [0.15, 0.2) is 35.5 Å². The molecule has 2 N–H and O–H groups in total. The van der Waals surface area contributed by atoms with Gasteiger partial charge in [-0.15, -0.1) is 0 Å². The summed E-state index contributed by atoms with van der Waals surface area (Å²) in [6.45, 7) is 5.94. The Morgan fingerprint density at radius 2 is 2.04 bits per heavy atom. The molecule has 1 atom stereocenters. The largest absolute Gasteiger partial charge is 0.504 e. The van der Waals surface area contributed by atoms with E-state index >= 15 is 0 Å². The normalized spacial score (nSPS) is 13.1. The summed E-state index contributed by atoms with van der Waals surface area (Å²) < 4.78 is 3.24. The molecule has 0 aliphatic rings. The summed E-state index contributed by atoms with van der Waals surface area (Å²) in [5.41, 5.74) is 3.38. The summed E-state index contributed by atoms with van der Waals surface area (Å²) in [6, 6.07) is 3.65. The minimum atomic E-state index is -0.0857. The number of hydrogen-bond donors (Lipinski definition) is 2. The number of fused-ring (bicyclic) bond motifs is 2. The molecular weight excluding hydrogens is 332 g/mol. The van der Waals surface area contributed by atoms with E-state index in [0.29, 0.717) is 29.0 Å². The molecule has 4 aromatic rings. The molecule has 0 amide bonds. The van der Waals surface area contributed by atoms with E-state index in [1.165, 1.54) is 4.52 Å². The van der Waals surface area contributed by atoms with Crippen molar-refractivity contribution in [2.45, 2.75) is 39.0 Å². The Morgan fingerprint density at radius 1 is 1.23 bits per heavy atom. The molecule has 0 aliphatic carbocycles. The maximum Gasteiger partial charge on any atom is 0.254 e. The maximum atomic E-state index is 12.1. The average molecular weight is 352 g/mol. The number of H-pyrrole nitrogens is 1. The lowest BCUT2D eigenvalue weighted by atomic mass is 10.0. The van der Waals surface area contributed by atoms with Crippen molar-refractivity contribution >= 4 is 11.3 Å². The van der Waals surface area contributed by atoms with Crippen LogP contribution in [0.4, 0.5) is 0 Å². The highest BCUT2D eigenvalue weighted by Crippen LogP contribution is 2.26. The highest BCUT2D eigenvalue weighted by molar-refractivity contribution is 5.43. The first kappa shape index (κ1) is 16.3. The lowest BCUT2D eigenvalue weighted by Crippen LogP contribution is -2.15. The molecule has 0 saturated carbocycles. The van der Waals surface area contributed by atoms with Crippen LogP contribution < -0.4 is 5.56 Å². The van der Waals surface area contributed by atoms with Crippen LogP contribution in [-0.2, 0) is 6.42 Å². The van der Waals surface area contributed by atoms with Gasteiger partial charge in [0.2, 0.25) is 0 Å². The number of nitrogens with one attached hydrogen (secondary N) is 1. The van der Waals surface area contributed by atoms with Gasteiger partial charge in [0, 0.05) is 29.8 Å². The second kappa shape index (κ2) is 5.98. The summed E-state index contributed by atoms with van der Waals surface area (Å²) in [5, 5.41) is 18.9. The third-order valence-corrected chi connectivity index (χ3v) is 4.55. The Balaban J connectivity index is 1.67. The molecule has 0 spiro atoms. The number of aromatic nitrogens is 6. The van der Waals surface area contributed by atoms with Crippen molar-refractivity contribution in [1.29, 1.82) is 0 Å². The predicted molar refractivity (Wildman–Crippen MR) is 96.7 cm³/mol. The summed E-state index contributed by atoms with van der Waals surface area (Å²) >= 11 is 0. The molecule has 8 heteroatoms. The quantitative estimate of drug-likeness (QED) is 0.587.